The highest BCUT2D eigenvalue weighted by molar-refractivity contribution is 5.96. The zero-order valence-electron chi connectivity index (χ0n) is 17.1. The molecule has 7 heteroatoms. The lowest BCUT2D eigenvalue weighted by Gasteiger charge is -2.38. The number of pyridine rings is 1. The van der Waals surface area contributed by atoms with Crippen molar-refractivity contribution in [2.24, 2.45) is 0 Å². The van der Waals surface area contributed by atoms with Gasteiger partial charge in [0.1, 0.15) is 6.07 Å². The van der Waals surface area contributed by atoms with Crippen LogP contribution >= 0.6 is 0 Å². The Bertz CT molecular complexity index is 954. The molecule has 29 heavy (non-hydrogen) atoms. The van der Waals surface area contributed by atoms with Crippen molar-refractivity contribution in [1.82, 2.24) is 14.8 Å². The Morgan fingerprint density at radius 2 is 1.86 bits per heavy atom. The molecule has 0 saturated carbocycles. The summed E-state index contributed by atoms with van der Waals surface area (Å²) in [6, 6.07) is 6.54. The molecule has 0 atom stereocenters. The monoisotopic (exact) mass is 393 g/mol. The maximum atomic E-state index is 12.7. The van der Waals surface area contributed by atoms with E-state index < -0.39 is 0 Å². The van der Waals surface area contributed by atoms with Crippen LogP contribution in [0, 0.1) is 25.2 Å². The Hall–Kier alpha value is -2.69. The molecule has 0 spiro atoms. The van der Waals surface area contributed by atoms with Gasteiger partial charge in [-0.25, -0.2) is 0 Å². The molecule has 1 aromatic heterocycles. The second kappa shape index (κ2) is 8.36. The summed E-state index contributed by atoms with van der Waals surface area (Å²) < 4.78 is 5.36. The highest BCUT2D eigenvalue weighted by Crippen LogP contribution is 2.32. The fourth-order valence-electron chi connectivity index (χ4n) is 4.30. The third kappa shape index (κ3) is 4.04. The van der Waals surface area contributed by atoms with Crippen LogP contribution < -0.4 is 4.90 Å². The number of hydrogen-bond donors (Lipinski definition) is 0. The smallest absolute Gasteiger partial charge is 0.236 e. The molecule has 0 radical (unpaired) electrons. The van der Waals surface area contributed by atoms with Gasteiger partial charge in [-0.1, -0.05) is 11.6 Å². The molecular formula is C22H27N5O2. The standard InChI is InChI=1S/C22H27N5O2/c1-16-11-17(2)21-19(12-16)22(18(13-23)14-24-21)27-5-3-26(4-6-27)20(28)15-25-7-9-29-10-8-25/h11-12,14H,3-10,15H2,1-2H3. The predicted octanol–water partition coefficient (Wildman–Crippen LogP) is 1.70. The van der Waals surface area contributed by atoms with E-state index in [0.29, 0.717) is 38.4 Å². The maximum Gasteiger partial charge on any atom is 0.236 e. The Morgan fingerprint density at radius 1 is 1.14 bits per heavy atom. The van der Waals surface area contributed by atoms with Gasteiger partial charge in [-0.05, 0) is 25.5 Å². The summed E-state index contributed by atoms with van der Waals surface area (Å²) in [5.41, 5.74) is 4.76. The van der Waals surface area contributed by atoms with E-state index in [4.69, 9.17) is 4.74 Å². The minimum atomic E-state index is 0.179. The molecule has 2 saturated heterocycles. The van der Waals surface area contributed by atoms with Gasteiger partial charge in [0.25, 0.3) is 0 Å². The second-order valence-corrected chi connectivity index (χ2v) is 7.87. The Kier molecular flexibility index (Phi) is 5.65. The summed E-state index contributed by atoms with van der Waals surface area (Å²) in [7, 11) is 0. The van der Waals surface area contributed by atoms with Gasteiger partial charge in [0.05, 0.1) is 36.5 Å². The summed E-state index contributed by atoms with van der Waals surface area (Å²) in [6.45, 7) is 10.4. The molecule has 2 aliphatic heterocycles. The number of hydrogen-bond acceptors (Lipinski definition) is 6. The average molecular weight is 393 g/mol. The van der Waals surface area contributed by atoms with Crippen LogP contribution in [0.1, 0.15) is 16.7 Å². The molecule has 0 bridgehead atoms. The average Bonchev–Trinajstić information content (AvgIpc) is 2.73. The third-order valence-electron chi connectivity index (χ3n) is 5.81. The number of nitriles is 1. The van der Waals surface area contributed by atoms with Crippen molar-refractivity contribution in [2.45, 2.75) is 13.8 Å². The SMILES string of the molecule is Cc1cc(C)c2ncc(C#N)c(N3CCN(C(=O)CN4CCOCC4)CC3)c2c1. The van der Waals surface area contributed by atoms with Crippen molar-refractivity contribution < 1.29 is 9.53 Å². The molecule has 152 valence electrons. The number of carbonyl (C=O) groups is 1. The first-order valence-electron chi connectivity index (χ1n) is 10.2. The van der Waals surface area contributed by atoms with E-state index in [1.807, 2.05) is 4.90 Å². The van der Waals surface area contributed by atoms with Crippen molar-refractivity contribution in [1.29, 1.82) is 5.26 Å². The molecule has 0 unspecified atom stereocenters. The number of ether oxygens (including phenoxy) is 1. The number of rotatable bonds is 3. The molecule has 1 aromatic carbocycles. The number of piperazine rings is 1. The number of nitrogens with zero attached hydrogens (tertiary/aromatic N) is 5. The van der Waals surface area contributed by atoms with Crippen molar-refractivity contribution in [3.63, 3.8) is 0 Å². The van der Waals surface area contributed by atoms with Crippen LogP contribution in [-0.2, 0) is 9.53 Å². The summed E-state index contributed by atoms with van der Waals surface area (Å²) in [4.78, 5) is 23.6. The summed E-state index contributed by atoms with van der Waals surface area (Å²) in [6.07, 6.45) is 1.68. The topological polar surface area (TPSA) is 72.7 Å². The van der Waals surface area contributed by atoms with E-state index in [1.165, 1.54) is 0 Å². The number of fused-ring (bicyclic) bond motifs is 1. The molecule has 7 nitrogen and oxygen atoms in total. The quantitative estimate of drug-likeness (QED) is 0.790. The van der Waals surface area contributed by atoms with E-state index in [0.717, 1.165) is 53.9 Å². The van der Waals surface area contributed by atoms with E-state index in [2.05, 4.69) is 46.8 Å². The molecular weight excluding hydrogens is 366 g/mol. The first kappa shape index (κ1) is 19.6. The molecule has 4 rings (SSSR count). The van der Waals surface area contributed by atoms with Crippen LogP contribution in [0.15, 0.2) is 18.3 Å². The highest BCUT2D eigenvalue weighted by atomic mass is 16.5. The molecule has 1 amide bonds. The van der Waals surface area contributed by atoms with Crippen LogP contribution in [-0.4, -0.2) is 79.7 Å². The lowest BCUT2D eigenvalue weighted by molar-refractivity contribution is -0.133. The van der Waals surface area contributed by atoms with E-state index in [-0.39, 0.29) is 5.91 Å². The Morgan fingerprint density at radius 3 is 2.55 bits per heavy atom. The summed E-state index contributed by atoms with van der Waals surface area (Å²) >= 11 is 0. The van der Waals surface area contributed by atoms with Gasteiger partial charge in [-0.15, -0.1) is 0 Å². The van der Waals surface area contributed by atoms with Gasteiger partial charge in [-0.2, -0.15) is 5.26 Å². The normalized spacial score (nSPS) is 18.1. The molecule has 0 aliphatic carbocycles. The lowest BCUT2D eigenvalue weighted by atomic mass is 10.0. The number of carbonyl (C=O) groups excluding carboxylic acids is 1. The van der Waals surface area contributed by atoms with Gasteiger partial charge in [-0.3, -0.25) is 14.7 Å². The molecule has 2 aliphatic rings. The van der Waals surface area contributed by atoms with Crippen LogP contribution in [0.4, 0.5) is 5.69 Å². The summed E-state index contributed by atoms with van der Waals surface area (Å²) in [5.74, 6) is 0.179. The van der Waals surface area contributed by atoms with Crippen molar-refractivity contribution in [3.8, 4) is 6.07 Å². The number of aryl methyl sites for hydroxylation is 2. The van der Waals surface area contributed by atoms with Gasteiger partial charge < -0.3 is 14.5 Å². The van der Waals surface area contributed by atoms with E-state index >= 15 is 0 Å². The number of aromatic nitrogens is 1. The molecule has 3 heterocycles. The van der Waals surface area contributed by atoms with Crippen molar-refractivity contribution in [3.05, 3.63) is 35.0 Å². The van der Waals surface area contributed by atoms with E-state index in [1.54, 1.807) is 6.20 Å². The van der Waals surface area contributed by atoms with Gasteiger partial charge in [0.15, 0.2) is 0 Å². The van der Waals surface area contributed by atoms with Crippen LogP contribution in [0.3, 0.4) is 0 Å². The summed E-state index contributed by atoms with van der Waals surface area (Å²) in [5, 5.41) is 10.7. The fraction of sp³-hybridized carbons (Fsp3) is 0.500. The zero-order valence-corrected chi connectivity index (χ0v) is 17.1. The zero-order chi connectivity index (χ0) is 20.4. The number of amides is 1. The Balaban J connectivity index is 1.52. The van der Waals surface area contributed by atoms with Crippen LogP contribution in [0.2, 0.25) is 0 Å². The van der Waals surface area contributed by atoms with Crippen LogP contribution in [0.25, 0.3) is 10.9 Å². The van der Waals surface area contributed by atoms with E-state index in [9.17, 15) is 10.1 Å². The van der Waals surface area contributed by atoms with Crippen molar-refractivity contribution >= 4 is 22.5 Å². The van der Waals surface area contributed by atoms with Gasteiger partial charge in [0.2, 0.25) is 5.91 Å². The first-order chi connectivity index (χ1) is 14.1. The minimum absolute atomic E-state index is 0.179. The van der Waals surface area contributed by atoms with Gasteiger partial charge >= 0.3 is 0 Å². The molecule has 2 aromatic rings. The largest absolute Gasteiger partial charge is 0.379 e. The van der Waals surface area contributed by atoms with Crippen molar-refractivity contribution in [2.75, 3.05) is 63.9 Å². The van der Waals surface area contributed by atoms with Gasteiger partial charge in [0, 0.05) is 50.9 Å². The third-order valence-corrected chi connectivity index (χ3v) is 5.81. The predicted molar refractivity (Wildman–Crippen MR) is 112 cm³/mol. The number of benzene rings is 1. The molecule has 0 N–H and O–H groups in total. The number of morpholine rings is 1. The Labute approximate surface area is 171 Å². The first-order valence-corrected chi connectivity index (χ1v) is 10.2. The number of anilines is 1. The highest BCUT2D eigenvalue weighted by Gasteiger charge is 2.26. The van der Waals surface area contributed by atoms with Crippen LogP contribution in [0.5, 0.6) is 0 Å². The molecule has 2 fully saturated rings. The fourth-order valence-corrected chi connectivity index (χ4v) is 4.30. The second-order valence-electron chi connectivity index (χ2n) is 7.87. The minimum Gasteiger partial charge on any atom is -0.379 e. The lowest BCUT2D eigenvalue weighted by Crippen LogP contribution is -2.52. The maximum absolute atomic E-state index is 12.7.